The van der Waals surface area contributed by atoms with Gasteiger partial charge < -0.3 is 37.6 Å². The lowest BCUT2D eigenvalue weighted by Gasteiger charge is -2.69. The average Bonchev–Trinajstić information content (AvgIpc) is 0.873. The van der Waals surface area contributed by atoms with E-state index >= 15 is 0 Å². The number of hydrogen-bond donors (Lipinski definition) is 3. The normalized spacial score (nSPS) is 17.6. The molecule has 6 aliphatic rings. The van der Waals surface area contributed by atoms with Gasteiger partial charge in [0.05, 0.1) is 152 Å². The van der Waals surface area contributed by atoms with Gasteiger partial charge in [-0.25, -0.2) is 54.6 Å². The number of ether oxygens (including phenoxy) is 6. The number of hydrogen-bond acceptors (Lipinski definition) is 21. The Morgan fingerprint density at radius 1 is 0.489 bits per heavy atom. The highest BCUT2D eigenvalue weighted by molar-refractivity contribution is 7.98. The maximum absolute atomic E-state index is 14.1. The highest BCUT2D eigenvalue weighted by Crippen LogP contribution is 2.68. The van der Waals surface area contributed by atoms with Crippen LogP contribution in [0.1, 0.15) is 102 Å². The first-order chi connectivity index (χ1) is 66.9. The van der Waals surface area contributed by atoms with Crippen LogP contribution >= 0.6 is 81.2 Å². The predicted molar refractivity (Wildman–Crippen MR) is 547 cm³/mol. The molecule has 3 N–H and O–H groups in total. The summed E-state index contributed by atoms with van der Waals surface area (Å²) in [5.41, 5.74) is 9.96. The summed E-state index contributed by atoms with van der Waals surface area (Å²) in [4.78, 5) is 16.7. The van der Waals surface area contributed by atoms with Gasteiger partial charge in [-0.15, -0.1) is 47.6 Å². The van der Waals surface area contributed by atoms with E-state index in [1.54, 1.807) is 73.8 Å². The van der Waals surface area contributed by atoms with Crippen LogP contribution in [0.5, 0.6) is 34.5 Å². The van der Waals surface area contributed by atoms with Crippen molar-refractivity contribution in [3.05, 3.63) is 241 Å². The highest BCUT2D eigenvalue weighted by atomic mass is 35.5. The van der Waals surface area contributed by atoms with E-state index in [1.807, 2.05) is 102 Å². The Kier molecular flexibility index (Phi) is 30.9. The molecule has 28 nitrogen and oxygen atoms in total. The maximum Gasteiger partial charge on any atom is 0.431 e. The average molecular weight is 2130 g/mol. The first-order valence-corrected chi connectivity index (χ1v) is 54.6. The van der Waals surface area contributed by atoms with E-state index in [9.17, 15) is 53.2 Å². The Morgan fingerprint density at radius 2 is 0.950 bits per heavy atom. The molecule has 6 saturated carbocycles. The summed E-state index contributed by atoms with van der Waals surface area (Å²) in [6, 6.07) is 43.3. The quantitative estimate of drug-likeness (QED) is 0.0192. The first-order valence-electron chi connectivity index (χ1n) is 43.5. The Bertz CT molecular complexity index is 7760. The van der Waals surface area contributed by atoms with E-state index in [4.69, 9.17) is 122 Å². The molecule has 0 radical (unpaired) electrons. The molecular weight excluding hydrogens is 2040 g/mol. The molecule has 0 saturated heterocycles. The van der Waals surface area contributed by atoms with Crippen LogP contribution in [0.15, 0.2) is 171 Å². The number of sulfonamides is 3. The summed E-state index contributed by atoms with van der Waals surface area (Å²) in [6.07, 6.45) is 27.0. The van der Waals surface area contributed by atoms with Crippen molar-refractivity contribution in [1.29, 1.82) is 10.5 Å². The first kappa shape index (κ1) is 104. The molecule has 734 valence electrons. The Hall–Kier alpha value is -11.8. The third kappa shape index (κ3) is 24.1. The summed E-state index contributed by atoms with van der Waals surface area (Å²) in [7, 11) is -12.1. The predicted octanol–water partition coefficient (Wildman–Crippen LogP) is 19.6. The number of alkyl halides is 6. The fraction of sp³-hybridized carbons (Fsp3) is 0.303. The standard InChI is InChI=1S/C26H26Cl2N2O4S.C26H25ClF3N3O4S.C24H21Cl2N5O2S.C23H19Cl2N5O3S/c1-4-18-10-20(12-22(28)24(18)33-8-7-27)30-17(2)9-19-11-21(5-6-23(19)30)34-16-25-13-26(14-25,15-25)29-35(3,31)32;1-3-6-36-23-17(11-31)7-18(10-20(23)27)33-21-5-4-19(8-16(21)9-22(33)26(28,29)30)37-15-24-12-25(13-24,14-24)32-38(2,34)35;1-34(2,32)15-23-28-11-16(12-29-23)14-31-22-9-17(3-4-18(22)13-30-31)19-7-20(10-27)24(21(26)8-19)33-6-5-25;1-3-16-9-17(10-20(25)22(16)33-8-7-24)18-5-4-6-21-19(18)13-28-30(21)14-15-11-26-23(27-12-15)29-34(2,31)32/h1,5-6,9-12,29H,7-8,13-16H2,2-3H3;4-5,7-10,32H,3,6,12-15H2,1-2H3;3-4,7-9,11-13H,1,5-6,14-15H2,2H3;1,4-6,9-13H,7-8,14H2,2H3,(H,26,27,29). The molecule has 42 heteroatoms. The lowest BCUT2D eigenvalue weighted by Crippen LogP contribution is -2.76. The molecule has 0 amide bonds. The lowest BCUT2D eigenvalue weighted by molar-refractivity contribution is -0.162. The van der Waals surface area contributed by atoms with Gasteiger partial charge in [-0.1, -0.05) is 89.4 Å². The zero-order valence-electron chi connectivity index (χ0n) is 76.5. The molecule has 0 aliphatic heterocycles. The van der Waals surface area contributed by atoms with Gasteiger partial charge in [-0.2, -0.15) is 33.9 Å². The summed E-state index contributed by atoms with van der Waals surface area (Å²) < 4.78 is 172. The molecule has 4 bridgehead atoms. The van der Waals surface area contributed by atoms with Crippen molar-refractivity contribution in [2.24, 2.45) is 10.8 Å². The number of nitriles is 2. The zero-order valence-corrected chi connectivity index (χ0v) is 85.1. The van der Waals surface area contributed by atoms with Crippen molar-refractivity contribution in [1.82, 2.24) is 58.1 Å². The van der Waals surface area contributed by atoms with Gasteiger partial charge in [0.1, 0.15) is 55.0 Å². The van der Waals surface area contributed by atoms with Gasteiger partial charge in [0.15, 0.2) is 23.0 Å². The fourth-order valence-electron chi connectivity index (χ4n) is 18.5. The van der Waals surface area contributed by atoms with Crippen molar-refractivity contribution in [2.75, 3.05) is 87.0 Å². The molecule has 1 unspecified atom stereocenters. The van der Waals surface area contributed by atoms with Crippen LogP contribution in [0.3, 0.4) is 0 Å². The minimum atomic E-state index is -4.68. The number of benzene rings is 8. The minimum absolute atomic E-state index is 0.0125. The summed E-state index contributed by atoms with van der Waals surface area (Å²) in [6.45, 7) is 6.89. The van der Waals surface area contributed by atoms with Crippen LogP contribution in [0, 0.1) is 65.1 Å². The molecule has 14 aromatic rings. The molecule has 141 heavy (non-hydrogen) atoms. The molecular formula is C99H91Cl7F3N15O13S4. The van der Waals surface area contributed by atoms with Gasteiger partial charge in [-0.3, -0.25) is 18.3 Å². The number of terminal acetylenes is 2. The van der Waals surface area contributed by atoms with E-state index in [0.29, 0.717) is 155 Å². The van der Waals surface area contributed by atoms with Gasteiger partial charge >= 0.3 is 6.18 Å². The highest BCUT2D eigenvalue weighted by Gasteiger charge is 2.70. The van der Waals surface area contributed by atoms with Gasteiger partial charge in [-0.05, 0) is 199 Å². The van der Waals surface area contributed by atoms with Crippen molar-refractivity contribution in [3.63, 3.8) is 0 Å². The van der Waals surface area contributed by atoms with E-state index in [0.717, 1.165) is 126 Å². The van der Waals surface area contributed by atoms with Crippen molar-refractivity contribution in [3.8, 4) is 105 Å². The molecule has 6 heterocycles. The molecule has 8 aromatic carbocycles. The van der Waals surface area contributed by atoms with E-state index in [-0.39, 0.29) is 67.8 Å². The fourth-order valence-corrected chi connectivity index (χ4v) is 23.0. The molecule has 6 aromatic heterocycles. The smallest absolute Gasteiger partial charge is 0.431 e. The van der Waals surface area contributed by atoms with Crippen LogP contribution < -0.4 is 42.6 Å². The van der Waals surface area contributed by atoms with Crippen LogP contribution in [0.2, 0.25) is 20.1 Å². The van der Waals surface area contributed by atoms with Gasteiger partial charge in [0.25, 0.3) is 0 Å². The number of nitrogens with zero attached hydrogens (tertiary/aromatic N) is 12. The Morgan fingerprint density at radius 3 is 1.45 bits per heavy atom. The molecule has 1 atom stereocenters. The summed E-state index contributed by atoms with van der Waals surface area (Å²) in [5, 5.41) is 32.6. The lowest BCUT2D eigenvalue weighted by atomic mass is 9.40. The number of nitrogens with one attached hydrogen (secondary N) is 3. The monoisotopic (exact) mass is 2130 g/mol. The van der Waals surface area contributed by atoms with Gasteiger partial charge in [0, 0.05) is 103 Å². The number of halogens is 10. The zero-order chi connectivity index (χ0) is 101. The van der Waals surface area contributed by atoms with Crippen molar-refractivity contribution >= 4 is 176 Å². The molecule has 6 fully saturated rings. The second-order valence-corrected chi connectivity index (χ2v) is 46.0. The summed E-state index contributed by atoms with van der Waals surface area (Å²) in [5.74, 6) is 13.2. The van der Waals surface area contributed by atoms with Crippen LogP contribution in [0.4, 0.5) is 19.1 Å². The molecule has 20 rings (SSSR count). The SMILES string of the molecule is C#Cc1cc(-c2cccc3c2cnn3Cc2cnc(NS(C)(=O)=O)nc2)cc(Cl)c1OCCCl.C#Cc1cc(-n2c(C)cc3cc(OCC45CC(NS(C)(=O)=O)(C4)C5)ccc32)cc(Cl)c1OCCCl.C=S(C)(=O)Cc1ncc(Cn2ncc3ccc(-c4cc(Cl)c(OCCCl)c(C#N)c4)cc32)cn1.CCCOc1c(Cl)cc(-n2c(C(F)(F)F)cc3cc(OCC45CC(NS(C)(=O)=O)(C4)C5)ccc32)cc1C#N. The second kappa shape index (κ2) is 42.0. The third-order valence-electron chi connectivity index (χ3n) is 23.6. The number of aryl methyl sites for hydroxylation is 1. The number of aromatic nitrogens is 10. The second-order valence-electron chi connectivity index (χ2n) is 35.4. The largest absolute Gasteiger partial charge is 0.493 e. The van der Waals surface area contributed by atoms with E-state index in [2.05, 4.69) is 78.7 Å². The third-order valence-corrected chi connectivity index (χ3v) is 28.3. The maximum atomic E-state index is 14.1. The minimum Gasteiger partial charge on any atom is -0.493 e. The number of fused-ring (bicyclic) bond motifs is 4. The Labute approximate surface area is 848 Å². The number of anilines is 1. The van der Waals surface area contributed by atoms with Gasteiger partial charge in [0.2, 0.25) is 36.0 Å². The Balaban J connectivity index is 0.000000142. The van der Waals surface area contributed by atoms with Crippen molar-refractivity contribution < 1.29 is 71.1 Å². The van der Waals surface area contributed by atoms with E-state index in [1.165, 1.54) is 24.5 Å². The van der Waals surface area contributed by atoms with Crippen LogP contribution in [-0.2, 0) is 64.6 Å². The van der Waals surface area contributed by atoms with Crippen LogP contribution in [-0.4, -0.2) is 177 Å². The van der Waals surface area contributed by atoms with Crippen molar-refractivity contribution in [2.45, 2.75) is 94.9 Å². The number of rotatable bonds is 34. The molecule has 0 spiro atoms. The van der Waals surface area contributed by atoms with E-state index < -0.39 is 51.5 Å². The summed E-state index contributed by atoms with van der Waals surface area (Å²) >= 11 is 42.9. The van der Waals surface area contributed by atoms with Crippen LogP contribution in [0.25, 0.3) is 77.2 Å². The molecule has 6 aliphatic carbocycles. The topological polar surface area (TPSA) is 356 Å².